The van der Waals surface area contributed by atoms with Crippen molar-refractivity contribution in [3.05, 3.63) is 23.3 Å². The first-order valence-electron chi connectivity index (χ1n) is 15.2. The molecule has 5 aliphatic rings. The average molecular weight is 566 g/mol. The highest BCUT2D eigenvalue weighted by molar-refractivity contribution is 6.05. The van der Waals surface area contributed by atoms with Crippen LogP contribution in [0.4, 0.5) is 0 Å². The van der Waals surface area contributed by atoms with Crippen LogP contribution in [-0.4, -0.2) is 45.2 Å². The molecule has 0 bridgehead atoms. The number of carbonyl (C=O) groups is 3. The second kappa shape index (κ2) is 9.61. The molecule has 8 unspecified atom stereocenters. The van der Waals surface area contributed by atoms with Crippen molar-refractivity contribution < 1.29 is 28.6 Å². The van der Waals surface area contributed by atoms with Crippen molar-refractivity contribution in [1.82, 2.24) is 0 Å². The summed E-state index contributed by atoms with van der Waals surface area (Å²) in [6, 6.07) is 2.17. The van der Waals surface area contributed by atoms with Gasteiger partial charge in [0.15, 0.2) is 11.6 Å². The Morgan fingerprint density at radius 2 is 1.71 bits per heavy atom. The number of Topliss-reactive ketones (excluding diaryl/α,β-unsaturated/α-hetero) is 1. The number of nitrogens with zero attached hydrogens (tertiary/aromatic N) is 1. The second-order valence-electron chi connectivity index (χ2n) is 15.4. The van der Waals surface area contributed by atoms with E-state index >= 15 is 0 Å². The smallest absolute Gasteiger partial charge is 0.312 e. The van der Waals surface area contributed by atoms with Crippen LogP contribution in [0.5, 0.6) is 0 Å². The van der Waals surface area contributed by atoms with Crippen LogP contribution in [0.15, 0.2) is 23.3 Å². The van der Waals surface area contributed by atoms with Crippen molar-refractivity contribution in [3.63, 3.8) is 0 Å². The predicted molar refractivity (Wildman–Crippen MR) is 153 cm³/mol. The number of ketones is 2. The third-order valence-electron chi connectivity index (χ3n) is 12.9. The summed E-state index contributed by atoms with van der Waals surface area (Å²) in [5.41, 5.74) is -1.72. The van der Waals surface area contributed by atoms with E-state index < -0.39 is 16.2 Å². The summed E-state index contributed by atoms with van der Waals surface area (Å²) in [7, 11) is 3.02. The first kappa shape index (κ1) is 30.2. The van der Waals surface area contributed by atoms with Crippen LogP contribution in [0.1, 0.15) is 86.5 Å². The lowest BCUT2D eigenvalue weighted by molar-refractivity contribution is -0.191. The lowest BCUT2D eigenvalue weighted by Gasteiger charge is -2.68. The molecule has 0 saturated heterocycles. The van der Waals surface area contributed by atoms with Crippen molar-refractivity contribution in [1.29, 1.82) is 5.26 Å². The number of esters is 1. The summed E-state index contributed by atoms with van der Waals surface area (Å²) in [6.07, 6.45) is 9.28. The number of carbonyl (C=O) groups excluding carboxylic acids is 3. The van der Waals surface area contributed by atoms with Crippen LogP contribution in [-0.2, 0) is 28.6 Å². The van der Waals surface area contributed by atoms with E-state index in [1.54, 1.807) is 7.11 Å². The number of fused-ring (bicyclic) bond motifs is 7. The van der Waals surface area contributed by atoms with Crippen LogP contribution in [0, 0.1) is 61.6 Å². The SMILES string of the molecule is COCOCC1(C)C(=O)C(C#N)=CC2(C)C3=CC(=O)C4C5CC(C)(C)CCC5(C(=O)OC)CCC4(C)C3(C)CCC21. The Hall–Kier alpha value is -2.30. The molecular weight excluding hydrogens is 518 g/mol. The molecule has 0 amide bonds. The maximum atomic E-state index is 14.5. The molecule has 224 valence electrons. The highest BCUT2D eigenvalue weighted by Gasteiger charge is 2.71. The van der Waals surface area contributed by atoms with Gasteiger partial charge < -0.3 is 14.2 Å². The van der Waals surface area contributed by atoms with Crippen LogP contribution >= 0.6 is 0 Å². The molecule has 0 heterocycles. The quantitative estimate of drug-likeness (QED) is 0.230. The van der Waals surface area contributed by atoms with Gasteiger partial charge in [0, 0.05) is 18.4 Å². The molecule has 0 radical (unpaired) electrons. The summed E-state index contributed by atoms with van der Waals surface area (Å²) in [5.74, 6) is -0.781. The van der Waals surface area contributed by atoms with Crippen molar-refractivity contribution >= 4 is 17.5 Å². The fourth-order valence-electron chi connectivity index (χ4n) is 10.5. The summed E-state index contributed by atoms with van der Waals surface area (Å²) in [5, 5.41) is 10.1. The summed E-state index contributed by atoms with van der Waals surface area (Å²) in [6.45, 7) is 13.3. The Kier molecular flexibility index (Phi) is 7.07. The van der Waals surface area contributed by atoms with Gasteiger partial charge in [0.05, 0.1) is 30.1 Å². The van der Waals surface area contributed by atoms with Gasteiger partial charge in [0.2, 0.25) is 0 Å². The molecule has 41 heavy (non-hydrogen) atoms. The number of ether oxygens (including phenoxy) is 3. The number of rotatable bonds is 5. The molecule has 3 saturated carbocycles. The normalized spacial score (nSPS) is 44.7. The van der Waals surface area contributed by atoms with Gasteiger partial charge in [0.1, 0.15) is 12.9 Å². The molecule has 0 aromatic rings. The van der Waals surface area contributed by atoms with Gasteiger partial charge in [-0.15, -0.1) is 0 Å². The number of methoxy groups -OCH3 is 2. The van der Waals surface area contributed by atoms with Gasteiger partial charge in [-0.1, -0.05) is 46.3 Å². The van der Waals surface area contributed by atoms with Crippen LogP contribution in [0.25, 0.3) is 0 Å². The molecule has 3 fully saturated rings. The zero-order valence-corrected chi connectivity index (χ0v) is 26.1. The van der Waals surface area contributed by atoms with E-state index in [4.69, 9.17) is 14.2 Å². The molecule has 5 aliphatic carbocycles. The molecule has 0 N–H and O–H groups in total. The Bertz CT molecular complexity index is 1270. The first-order chi connectivity index (χ1) is 19.1. The monoisotopic (exact) mass is 565 g/mol. The maximum absolute atomic E-state index is 14.5. The van der Waals surface area contributed by atoms with E-state index in [2.05, 4.69) is 40.7 Å². The van der Waals surface area contributed by atoms with Crippen LogP contribution in [0.3, 0.4) is 0 Å². The minimum Gasteiger partial charge on any atom is -0.469 e. The fourth-order valence-corrected chi connectivity index (χ4v) is 10.5. The fraction of sp³-hybridized carbons (Fsp3) is 0.765. The van der Waals surface area contributed by atoms with Gasteiger partial charge in [-0.2, -0.15) is 5.26 Å². The van der Waals surface area contributed by atoms with Crippen LogP contribution in [0.2, 0.25) is 0 Å². The molecule has 5 rings (SSSR count). The molecule has 0 spiro atoms. The molecule has 7 nitrogen and oxygen atoms in total. The third kappa shape index (κ3) is 3.92. The molecule has 0 aliphatic heterocycles. The summed E-state index contributed by atoms with van der Waals surface area (Å²) < 4.78 is 16.3. The van der Waals surface area contributed by atoms with Crippen molar-refractivity contribution in [3.8, 4) is 6.07 Å². The molecular formula is C34H47NO6. The Morgan fingerprint density at radius 3 is 2.34 bits per heavy atom. The van der Waals surface area contributed by atoms with E-state index in [0.29, 0.717) is 6.42 Å². The molecule has 8 atom stereocenters. The van der Waals surface area contributed by atoms with E-state index in [1.807, 2.05) is 19.1 Å². The van der Waals surface area contributed by atoms with E-state index in [9.17, 15) is 19.6 Å². The lowest BCUT2D eigenvalue weighted by Crippen LogP contribution is -2.66. The highest BCUT2D eigenvalue weighted by atomic mass is 16.7. The first-order valence-corrected chi connectivity index (χ1v) is 15.2. The zero-order valence-electron chi connectivity index (χ0n) is 26.1. The Balaban J connectivity index is 1.66. The number of hydrogen-bond acceptors (Lipinski definition) is 7. The zero-order chi connectivity index (χ0) is 30.2. The molecule has 7 heteroatoms. The third-order valence-corrected chi connectivity index (χ3v) is 12.9. The summed E-state index contributed by atoms with van der Waals surface area (Å²) >= 11 is 0. The topological polar surface area (TPSA) is 103 Å². The molecule has 0 aromatic heterocycles. The van der Waals surface area contributed by atoms with Gasteiger partial charge in [-0.3, -0.25) is 14.4 Å². The second-order valence-corrected chi connectivity index (χ2v) is 15.4. The maximum Gasteiger partial charge on any atom is 0.312 e. The van der Waals surface area contributed by atoms with Gasteiger partial charge in [0.25, 0.3) is 0 Å². The Labute approximate surface area is 245 Å². The van der Waals surface area contributed by atoms with Gasteiger partial charge in [-0.05, 0) is 86.0 Å². The average Bonchev–Trinajstić information content (AvgIpc) is 2.91. The standard InChI is InChI=1S/C34H47NO6/c1-29(2)11-13-34(28(38)40-8)14-12-33(6)26(22(34)17-29)23(36)15-25-30(3)16-21(18-35)27(37)31(4,19-41-20-39-7)24(30)9-10-32(25,33)5/h15-16,22,24,26H,9-14,17,19-20H2,1-8H3. The number of hydrogen-bond donors (Lipinski definition) is 0. The minimum atomic E-state index is -0.921. The van der Waals surface area contributed by atoms with Crippen molar-refractivity contribution in [2.75, 3.05) is 27.6 Å². The minimum absolute atomic E-state index is 0.0352. The molecule has 0 aromatic carbocycles. The predicted octanol–water partition coefficient (Wildman–Crippen LogP) is 5.98. The van der Waals surface area contributed by atoms with E-state index in [1.165, 1.54) is 7.11 Å². The number of nitriles is 1. The van der Waals surface area contributed by atoms with Gasteiger partial charge in [-0.25, -0.2) is 0 Å². The van der Waals surface area contributed by atoms with Crippen molar-refractivity contribution in [2.45, 2.75) is 86.5 Å². The Morgan fingerprint density at radius 1 is 1.02 bits per heavy atom. The van der Waals surface area contributed by atoms with Gasteiger partial charge >= 0.3 is 5.97 Å². The lowest BCUT2D eigenvalue weighted by atomic mass is 9.34. The highest BCUT2D eigenvalue weighted by Crippen LogP contribution is 2.74. The largest absolute Gasteiger partial charge is 0.469 e. The van der Waals surface area contributed by atoms with E-state index in [-0.39, 0.29) is 70.5 Å². The van der Waals surface area contributed by atoms with Crippen LogP contribution < -0.4 is 0 Å². The summed E-state index contributed by atoms with van der Waals surface area (Å²) in [4.78, 5) is 41.7. The van der Waals surface area contributed by atoms with Crippen molar-refractivity contribution in [2.24, 2.45) is 50.2 Å². The number of allylic oxidation sites excluding steroid dienone is 4. The van der Waals surface area contributed by atoms with E-state index in [0.717, 1.165) is 44.1 Å².